The number of hydrogen-bond acceptors (Lipinski definition) is 6. The van der Waals surface area contributed by atoms with Gasteiger partial charge in [0, 0.05) is 13.1 Å². The lowest BCUT2D eigenvalue weighted by molar-refractivity contribution is -0.128. The van der Waals surface area contributed by atoms with Gasteiger partial charge in [-0.2, -0.15) is 0 Å². The molecule has 0 bridgehead atoms. The van der Waals surface area contributed by atoms with E-state index in [2.05, 4.69) is 10.2 Å². The van der Waals surface area contributed by atoms with E-state index in [1.165, 1.54) is 11.8 Å². The number of rotatable bonds is 5. The Labute approximate surface area is 157 Å². The molecule has 1 fully saturated rings. The molecule has 0 radical (unpaired) electrons. The van der Waals surface area contributed by atoms with Crippen LogP contribution in [0.5, 0.6) is 0 Å². The van der Waals surface area contributed by atoms with Crippen molar-refractivity contribution in [3.05, 3.63) is 35.7 Å². The molecule has 1 unspecified atom stereocenters. The largest absolute Gasteiger partial charge is 0.341 e. The molecule has 9 heteroatoms. The molecule has 1 amide bonds. The number of aryl methyl sites for hydroxylation is 2. The molecule has 0 N–H and O–H groups in total. The first kappa shape index (κ1) is 18.9. The van der Waals surface area contributed by atoms with Gasteiger partial charge in [-0.15, -0.1) is 10.2 Å². The average Bonchev–Trinajstić information content (AvgIpc) is 3.14. The number of carbonyl (C=O) groups is 1. The third-order valence-corrected chi connectivity index (χ3v) is 7.29. The van der Waals surface area contributed by atoms with Gasteiger partial charge in [0.2, 0.25) is 5.91 Å². The molecule has 2 heterocycles. The first-order chi connectivity index (χ1) is 12.3. The minimum Gasteiger partial charge on any atom is -0.341 e. The Kier molecular flexibility index (Phi) is 5.38. The topological polar surface area (TPSA) is 85.2 Å². The van der Waals surface area contributed by atoms with Crippen LogP contribution in [0.2, 0.25) is 0 Å². The van der Waals surface area contributed by atoms with Crippen molar-refractivity contribution in [1.82, 2.24) is 19.7 Å². The number of sulfone groups is 1. The lowest BCUT2D eigenvalue weighted by Gasteiger charge is -2.23. The number of benzene rings is 1. The number of nitrogens with zero attached hydrogens (tertiary/aromatic N) is 4. The Morgan fingerprint density at radius 1 is 1.31 bits per heavy atom. The van der Waals surface area contributed by atoms with E-state index in [-0.39, 0.29) is 29.2 Å². The van der Waals surface area contributed by atoms with Crippen LogP contribution in [0.1, 0.15) is 17.8 Å². The summed E-state index contributed by atoms with van der Waals surface area (Å²) in [6.45, 7) is 3.89. The summed E-state index contributed by atoms with van der Waals surface area (Å²) in [5, 5.41) is 8.99. The van der Waals surface area contributed by atoms with Crippen LogP contribution in [0.25, 0.3) is 5.69 Å². The predicted octanol–water partition coefficient (Wildman–Crippen LogP) is 1.62. The quantitative estimate of drug-likeness (QED) is 0.717. The second-order valence-electron chi connectivity index (χ2n) is 6.50. The van der Waals surface area contributed by atoms with E-state index in [1.54, 1.807) is 11.9 Å². The summed E-state index contributed by atoms with van der Waals surface area (Å²) in [7, 11) is -1.34. The zero-order valence-electron chi connectivity index (χ0n) is 15.0. The fourth-order valence-corrected chi connectivity index (χ4v) is 5.73. The minimum absolute atomic E-state index is 0.0540. The fraction of sp³-hybridized carbons (Fsp3) is 0.471. The van der Waals surface area contributed by atoms with E-state index in [0.29, 0.717) is 11.6 Å². The Bertz CT molecular complexity index is 924. The van der Waals surface area contributed by atoms with Crippen LogP contribution in [0.3, 0.4) is 0 Å². The van der Waals surface area contributed by atoms with Crippen LogP contribution in [0.15, 0.2) is 29.4 Å². The Morgan fingerprint density at radius 3 is 2.69 bits per heavy atom. The first-order valence-electron chi connectivity index (χ1n) is 8.35. The number of aromatic nitrogens is 3. The van der Waals surface area contributed by atoms with Gasteiger partial charge < -0.3 is 4.90 Å². The van der Waals surface area contributed by atoms with Gasteiger partial charge in [-0.1, -0.05) is 30.0 Å². The zero-order valence-corrected chi connectivity index (χ0v) is 16.7. The molecular weight excluding hydrogens is 372 g/mol. The molecule has 7 nitrogen and oxygen atoms in total. The Balaban J connectivity index is 1.71. The van der Waals surface area contributed by atoms with Crippen molar-refractivity contribution in [2.75, 3.05) is 24.3 Å². The van der Waals surface area contributed by atoms with Gasteiger partial charge in [0.15, 0.2) is 15.0 Å². The molecule has 1 aliphatic rings. The van der Waals surface area contributed by atoms with Gasteiger partial charge >= 0.3 is 0 Å². The summed E-state index contributed by atoms with van der Waals surface area (Å²) in [6.07, 6.45) is 0.508. The van der Waals surface area contributed by atoms with Crippen molar-refractivity contribution in [3.8, 4) is 5.69 Å². The van der Waals surface area contributed by atoms with Gasteiger partial charge in [0.25, 0.3) is 0 Å². The highest BCUT2D eigenvalue weighted by Crippen LogP contribution is 2.25. The molecule has 1 atom stereocenters. The standard InChI is InChI=1S/C17H22N4O3S2/c1-12-6-4-5-7-15(12)21-13(2)18-19-17(21)25-10-16(22)20(3)14-8-9-26(23,24)11-14/h4-7,14H,8-11H2,1-3H3. The van der Waals surface area contributed by atoms with Gasteiger partial charge in [0.1, 0.15) is 5.82 Å². The molecule has 0 aliphatic carbocycles. The molecule has 0 saturated carbocycles. The Morgan fingerprint density at radius 2 is 2.04 bits per heavy atom. The van der Waals surface area contributed by atoms with E-state index in [9.17, 15) is 13.2 Å². The third-order valence-electron chi connectivity index (χ3n) is 4.63. The number of hydrogen-bond donors (Lipinski definition) is 0. The average molecular weight is 395 g/mol. The van der Waals surface area contributed by atoms with Crippen LogP contribution < -0.4 is 0 Å². The van der Waals surface area contributed by atoms with Crippen LogP contribution >= 0.6 is 11.8 Å². The number of thioether (sulfide) groups is 1. The molecule has 26 heavy (non-hydrogen) atoms. The molecule has 1 aromatic heterocycles. The smallest absolute Gasteiger partial charge is 0.233 e. The second-order valence-corrected chi connectivity index (χ2v) is 9.67. The summed E-state index contributed by atoms with van der Waals surface area (Å²) >= 11 is 1.32. The molecule has 2 aromatic rings. The van der Waals surface area contributed by atoms with Crippen molar-refractivity contribution in [2.45, 2.75) is 31.5 Å². The molecule has 1 aromatic carbocycles. The van der Waals surface area contributed by atoms with E-state index in [0.717, 1.165) is 17.1 Å². The van der Waals surface area contributed by atoms with Crippen LogP contribution in [-0.4, -0.2) is 64.3 Å². The van der Waals surface area contributed by atoms with Gasteiger partial charge in [-0.3, -0.25) is 9.36 Å². The van der Waals surface area contributed by atoms with Crippen molar-refractivity contribution in [3.63, 3.8) is 0 Å². The lowest BCUT2D eigenvalue weighted by Crippen LogP contribution is -2.38. The zero-order chi connectivity index (χ0) is 18.9. The number of amides is 1. The molecule has 3 rings (SSSR count). The monoisotopic (exact) mass is 394 g/mol. The lowest BCUT2D eigenvalue weighted by atomic mass is 10.2. The maximum absolute atomic E-state index is 12.5. The summed E-state index contributed by atoms with van der Waals surface area (Å²) < 4.78 is 25.2. The fourth-order valence-electron chi connectivity index (χ4n) is 3.04. The summed E-state index contributed by atoms with van der Waals surface area (Å²) in [4.78, 5) is 14.0. The van der Waals surface area contributed by atoms with Gasteiger partial charge in [-0.05, 0) is 31.9 Å². The van der Waals surface area contributed by atoms with E-state index >= 15 is 0 Å². The second kappa shape index (κ2) is 7.40. The van der Waals surface area contributed by atoms with Crippen LogP contribution in [0, 0.1) is 13.8 Å². The van der Waals surface area contributed by atoms with Crippen molar-refractivity contribution < 1.29 is 13.2 Å². The minimum atomic E-state index is -3.01. The molecule has 1 saturated heterocycles. The molecule has 0 spiro atoms. The molecular formula is C17H22N4O3S2. The van der Waals surface area contributed by atoms with E-state index < -0.39 is 9.84 Å². The van der Waals surface area contributed by atoms with Crippen LogP contribution in [0.4, 0.5) is 0 Å². The Hall–Kier alpha value is -1.87. The van der Waals surface area contributed by atoms with Crippen molar-refractivity contribution >= 4 is 27.5 Å². The van der Waals surface area contributed by atoms with Crippen LogP contribution in [-0.2, 0) is 14.6 Å². The van der Waals surface area contributed by atoms with Gasteiger partial charge in [0.05, 0.1) is 22.9 Å². The van der Waals surface area contributed by atoms with E-state index in [1.807, 2.05) is 42.7 Å². The van der Waals surface area contributed by atoms with E-state index in [4.69, 9.17) is 0 Å². The third kappa shape index (κ3) is 3.93. The maximum atomic E-state index is 12.5. The first-order valence-corrected chi connectivity index (χ1v) is 11.2. The van der Waals surface area contributed by atoms with Crippen molar-refractivity contribution in [1.29, 1.82) is 0 Å². The summed E-state index contributed by atoms with van der Waals surface area (Å²) in [6, 6.07) is 7.70. The van der Waals surface area contributed by atoms with Gasteiger partial charge in [-0.25, -0.2) is 8.42 Å². The van der Waals surface area contributed by atoms with Crippen molar-refractivity contribution in [2.24, 2.45) is 0 Å². The summed E-state index contributed by atoms with van der Waals surface area (Å²) in [5.41, 5.74) is 2.08. The predicted molar refractivity (Wildman–Crippen MR) is 101 cm³/mol. The number of para-hydroxylation sites is 1. The SMILES string of the molecule is Cc1ccccc1-n1c(C)nnc1SCC(=O)N(C)C1CCS(=O)(=O)C1. The number of carbonyl (C=O) groups excluding carboxylic acids is 1. The molecule has 140 valence electrons. The maximum Gasteiger partial charge on any atom is 0.233 e. The normalized spacial score (nSPS) is 18.8. The molecule has 1 aliphatic heterocycles. The highest BCUT2D eigenvalue weighted by Gasteiger charge is 2.32. The highest BCUT2D eigenvalue weighted by atomic mass is 32.2. The summed E-state index contributed by atoms with van der Waals surface area (Å²) in [5.74, 6) is 1.05. The highest BCUT2D eigenvalue weighted by molar-refractivity contribution is 7.99.